The van der Waals surface area contributed by atoms with Crippen LogP contribution in [0.1, 0.15) is 90.4 Å². The van der Waals surface area contributed by atoms with Gasteiger partial charge in [0, 0.05) is 29.9 Å². The quantitative estimate of drug-likeness (QED) is 0.0471. The van der Waals surface area contributed by atoms with Gasteiger partial charge in [0.15, 0.2) is 5.78 Å². The average Bonchev–Trinajstić information content (AvgIpc) is 3.43. The fraction of sp³-hybridized carbons (Fsp3) is 0.238. The number of nitrogens with one attached hydrogen (secondary N) is 5. The van der Waals surface area contributed by atoms with E-state index in [1.165, 1.54) is 6.92 Å². The van der Waals surface area contributed by atoms with Crippen molar-refractivity contribution < 1.29 is 38.2 Å². The number of ketones is 1. The number of hydrogen-bond donors (Lipinski definition) is 5. The minimum atomic E-state index is -0.716. The van der Waals surface area contributed by atoms with Crippen molar-refractivity contribution in [3.05, 3.63) is 221 Å². The molecule has 0 aromatic heterocycles. The molecule has 2 atom stereocenters. The molecule has 392 valence electrons. The second-order valence-corrected chi connectivity index (χ2v) is 19.0. The molecule has 76 heavy (non-hydrogen) atoms. The monoisotopic (exact) mass is 1020 g/mol. The van der Waals surface area contributed by atoms with Crippen molar-refractivity contribution in [3.8, 4) is 22.3 Å². The van der Waals surface area contributed by atoms with Gasteiger partial charge in [-0.15, -0.1) is 0 Å². The Kier molecular flexibility index (Phi) is 21.7. The van der Waals surface area contributed by atoms with Crippen LogP contribution < -0.4 is 26.6 Å². The van der Waals surface area contributed by atoms with Crippen molar-refractivity contribution in [3.63, 3.8) is 0 Å². The molecule has 0 saturated heterocycles. The molecule has 7 rings (SSSR count). The standard InChI is InChI=1S/C34H35N3O4.C29H32N2O4/c1-24(2)21-31(33(39)36-27-16-7-4-8-17-27)37-32(38)30-20-12-11-19-29(30)28-18-10-9-15-26(28)22-35-34(40)41-23-25-13-5-3-6-14-25;1-20(2)17-27(21(3)32)31-28(33)26-16-10-9-15-25(26)24-14-8-7-13-23(24)18-30-29(34)35-19-22-11-5-4-6-12-22/h3-20,24,31H,21-23H2,1-2H3,(H,35,40)(H,36,39)(H,37,38);4-16,20,27H,17-19H2,1-3H3,(H,30,34)(H,31,33)/t31-;27-/m01/s1. The first-order chi connectivity index (χ1) is 36.7. The first-order valence-electron chi connectivity index (χ1n) is 25.5. The lowest BCUT2D eigenvalue weighted by Gasteiger charge is -2.21. The summed E-state index contributed by atoms with van der Waals surface area (Å²) >= 11 is 0. The number of amides is 5. The van der Waals surface area contributed by atoms with E-state index in [-0.39, 0.29) is 61.6 Å². The zero-order valence-electron chi connectivity index (χ0n) is 43.7. The predicted molar refractivity (Wildman–Crippen MR) is 298 cm³/mol. The van der Waals surface area contributed by atoms with Crippen molar-refractivity contribution in [1.82, 2.24) is 21.3 Å². The van der Waals surface area contributed by atoms with Crippen molar-refractivity contribution in [2.24, 2.45) is 11.8 Å². The fourth-order valence-electron chi connectivity index (χ4n) is 8.31. The minimum absolute atomic E-state index is 0.0665. The zero-order valence-corrected chi connectivity index (χ0v) is 43.7. The SMILES string of the molecule is CC(=O)[C@@H](CC(C)C)NC(=O)c1ccccc1-c1ccccc1CNC(=O)OCc1ccccc1.CC(C)C[C@H](NC(=O)c1ccccc1-c1ccccc1CNC(=O)OCc1ccccc1)C(=O)Nc1ccccc1. The first kappa shape index (κ1) is 56.5. The molecule has 0 bridgehead atoms. The molecule has 5 amide bonds. The summed E-state index contributed by atoms with van der Waals surface area (Å²) in [5, 5.41) is 14.4. The van der Waals surface area contributed by atoms with Crippen LogP contribution in [-0.4, -0.2) is 47.8 Å². The van der Waals surface area contributed by atoms with E-state index in [0.29, 0.717) is 35.2 Å². The number of hydrogen-bond acceptors (Lipinski definition) is 8. The van der Waals surface area contributed by atoms with E-state index in [1.807, 2.05) is 191 Å². The number of carbonyl (C=O) groups is 6. The topological polar surface area (TPSA) is 181 Å². The third-order valence-electron chi connectivity index (χ3n) is 12.1. The van der Waals surface area contributed by atoms with Gasteiger partial charge < -0.3 is 36.1 Å². The third kappa shape index (κ3) is 17.7. The molecular formula is C63H67N5O8. The van der Waals surface area contributed by atoms with Crippen LogP contribution >= 0.6 is 0 Å². The summed E-state index contributed by atoms with van der Waals surface area (Å²) in [5.41, 5.74) is 8.11. The fourth-order valence-corrected chi connectivity index (χ4v) is 8.31. The number of Topliss-reactive ketones (excluding diaryl/α,β-unsaturated/α-hetero) is 1. The largest absolute Gasteiger partial charge is 0.445 e. The summed E-state index contributed by atoms with van der Waals surface area (Å²) in [6, 6.07) is 56.6. The number of carbonyl (C=O) groups excluding carboxylic acids is 6. The summed E-state index contributed by atoms with van der Waals surface area (Å²) in [7, 11) is 0. The summed E-state index contributed by atoms with van der Waals surface area (Å²) < 4.78 is 10.7. The van der Waals surface area contributed by atoms with Crippen molar-refractivity contribution in [1.29, 1.82) is 0 Å². The Balaban J connectivity index is 0.000000250. The summed E-state index contributed by atoms with van der Waals surface area (Å²) in [6.45, 7) is 10.4. The lowest BCUT2D eigenvalue weighted by molar-refractivity contribution is -0.119. The smallest absolute Gasteiger partial charge is 0.407 e. The Bertz CT molecular complexity index is 3020. The number of anilines is 1. The maximum absolute atomic E-state index is 13.6. The van der Waals surface area contributed by atoms with Crippen LogP contribution in [0, 0.1) is 11.8 Å². The van der Waals surface area contributed by atoms with E-state index in [0.717, 1.165) is 38.9 Å². The van der Waals surface area contributed by atoms with Crippen LogP contribution in [-0.2, 0) is 45.4 Å². The van der Waals surface area contributed by atoms with Gasteiger partial charge in [-0.2, -0.15) is 0 Å². The first-order valence-corrected chi connectivity index (χ1v) is 25.5. The Morgan fingerprint density at radius 2 is 0.776 bits per heavy atom. The molecule has 0 aliphatic heterocycles. The molecule has 0 aliphatic carbocycles. The molecule has 0 unspecified atom stereocenters. The second-order valence-electron chi connectivity index (χ2n) is 19.0. The summed E-state index contributed by atoms with van der Waals surface area (Å²) in [5.74, 6) is -0.526. The van der Waals surface area contributed by atoms with Gasteiger partial charge in [0.05, 0.1) is 6.04 Å². The Labute approximate surface area is 445 Å². The molecule has 13 heteroatoms. The Morgan fingerprint density at radius 1 is 0.421 bits per heavy atom. The van der Waals surface area contributed by atoms with Crippen LogP contribution in [0.15, 0.2) is 188 Å². The average molecular weight is 1020 g/mol. The molecule has 7 aromatic rings. The highest BCUT2D eigenvalue weighted by molar-refractivity contribution is 6.05. The van der Waals surface area contributed by atoms with Gasteiger partial charge in [0.1, 0.15) is 19.3 Å². The van der Waals surface area contributed by atoms with Crippen molar-refractivity contribution >= 4 is 41.4 Å². The number of ether oxygens (including phenoxy) is 2. The number of alkyl carbamates (subject to hydrolysis) is 2. The van der Waals surface area contributed by atoms with Crippen LogP contribution in [0.25, 0.3) is 22.3 Å². The van der Waals surface area contributed by atoms with Gasteiger partial charge in [-0.1, -0.05) is 191 Å². The van der Waals surface area contributed by atoms with Crippen LogP contribution in [0.3, 0.4) is 0 Å². The highest BCUT2D eigenvalue weighted by atomic mass is 16.6. The summed E-state index contributed by atoms with van der Waals surface area (Å²) in [4.78, 5) is 76.6. The molecule has 5 N–H and O–H groups in total. The van der Waals surface area contributed by atoms with E-state index in [9.17, 15) is 28.8 Å². The van der Waals surface area contributed by atoms with Gasteiger partial charge >= 0.3 is 12.2 Å². The molecular weight excluding hydrogens is 955 g/mol. The van der Waals surface area contributed by atoms with Gasteiger partial charge in [-0.05, 0) is 100 Å². The van der Waals surface area contributed by atoms with Crippen molar-refractivity contribution in [2.75, 3.05) is 5.32 Å². The van der Waals surface area contributed by atoms with E-state index >= 15 is 0 Å². The molecule has 7 aromatic carbocycles. The second kappa shape index (κ2) is 29.2. The molecule has 13 nitrogen and oxygen atoms in total. The molecule has 0 saturated carbocycles. The highest BCUT2D eigenvalue weighted by Crippen LogP contribution is 2.29. The minimum Gasteiger partial charge on any atom is -0.445 e. The van der Waals surface area contributed by atoms with E-state index in [4.69, 9.17) is 9.47 Å². The molecule has 0 radical (unpaired) electrons. The van der Waals surface area contributed by atoms with Crippen molar-refractivity contribution in [2.45, 2.75) is 85.8 Å². The Hall–Kier alpha value is -8.84. The number of benzene rings is 7. The predicted octanol–water partition coefficient (Wildman–Crippen LogP) is 12.1. The lowest BCUT2D eigenvalue weighted by Crippen LogP contribution is -2.44. The molecule has 0 aliphatic rings. The Morgan fingerprint density at radius 3 is 1.20 bits per heavy atom. The maximum Gasteiger partial charge on any atom is 0.407 e. The molecule has 0 heterocycles. The molecule has 0 fully saturated rings. The van der Waals surface area contributed by atoms with Crippen LogP contribution in [0.5, 0.6) is 0 Å². The van der Waals surface area contributed by atoms with E-state index in [2.05, 4.69) is 26.6 Å². The van der Waals surface area contributed by atoms with E-state index < -0.39 is 24.3 Å². The summed E-state index contributed by atoms with van der Waals surface area (Å²) in [6.07, 6.45) is 0.0100. The van der Waals surface area contributed by atoms with Crippen LogP contribution in [0.4, 0.5) is 15.3 Å². The van der Waals surface area contributed by atoms with Gasteiger partial charge in [0.25, 0.3) is 11.8 Å². The normalized spacial score (nSPS) is 11.5. The number of rotatable bonds is 21. The lowest BCUT2D eigenvalue weighted by atomic mass is 9.94. The molecule has 0 spiro atoms. The van der Waals surface area contributed by atoms with Gasteiger partial charge in [-0.3, -0.25) is 19.2 Å². The highest BCUT2D eigenvalue weighted by Gasteiger charge is 2.25. The maximum atomic E-state index is 13.6. The zero-order chi connectivity index (χ0) is 54.2. The van der Waals surface area contributed by atoms with Crippen LogP contribution in [0.2, 0.25) is 0 Å². The number of para-hydroxylation sites is 1. The van der Waals surface area contributed by atoms with E-state index in [1.54, 1.807) is 24.3 Å². The van der Waals surface area contributed by atoms with Gasteiger partial charge in [0.2, 0.25) is 5.91 Å². The van der Waals surface area contributed by atoms with Gasteiger partial charge in [-0.25, -0.2) is 9.59 Å². The third-order valence-corrected chi connectivity index (χ3v) is 12.1.